The first-order chi connectivity index (χ1) is 9.37. The molecule has 1 heterocycles. The second kappa shape index (κ2) is 6.75. The lowest BCUT2D eigenvalue weighted by Crippen LogP contribution is -2.49. The fraction of sp³-hybridized carbons (Fsp3) is 0.333. The van der Waals surface area contributed by atoms with Gasteiger partial charge in [0.1, 0.15) is 23.3 Å². The SMILES string of the molecule is CC(=O)NC1(C=O)C=CC=C(N)C1.Cc1ccc(C)o1. The number of nitrogens with one attached hydrogen (secondary N) is 1. The Morgan fingerprint density at radius 1 is 1.40 bits per heavy atom. The number of aryl methyl sites for hydroxylation is 2. The number of hydrogen-bond donors (Lipinski definition) is 2. The summed E-state index contributed by atoms with van der Waals surface area (Å²) in [6, 6.07) is 3.91. The molecule has 0 radical (unpaired) electrons. The zero-order valence-electron chi connectivity index (χ0n) is 12.0. The minimum absolute atomic E-state index is 0.244. The van der Waals surface area contributed by atoms with Gasteiger partial charge in [-0.3, -0.25) is 4.79 Å². The van der Waals surface area contributed by atoms with E-state index in [2.05, 4.69) is 5.32 Å². The molecule has 5 heteroatoms. The molecule has 1 unspecified atom stereocenters. The Bertz CT molecular complexity index is 523. The Morgan fingerprint density at radius 3 is 2.35 bits per heavy atom. The predicted molar refractivity (Wildman–Crippen MR) is 76.8 cm³/mol. The molecule has 0 aromatic carbocycles. The Hall–Kier alpha value is -2.30. The van der Waals surface area contributed by atoms with Gasteiger partial charge in [0.15, 0.2) is 0 Å². The lowest BCUT2D eigenvalue weighted by atomic mass is 9.91. The number of allylic oxidation sites excluding steroid dienone is 2. The van der Waals surface area contributed by atoms with E-state index in [1.165, 1.54) is 6.92 Å². The summed E-state index contributed by atoms with van der Waals surface area (Å²) in [4.78, 5) is 21.6. The van der Waals surface area contributed by atoms with Crippen molar-refractivity contribution < 1.29 is 14.0 Å². The van der Waals surface area contributed by atoms with Gasteiger partial charge >= 0.3 is 0 Å². The van der Waals surface area contributed by atoms with Gasteiger partial charge in [-0.25, -0.2) is 0 Å². The fourth-order valence-electron chi connectivity index (χ4n) is 1.88. The van der Waals surface area contributed by atoms with E-state index in [4.69, 9.17) is 10.2 Å². The third kappa shape index (κ3) is 4.76. The maximum absolute atomic E-state index is 10.8. The number of aldehydes is 1. The van der Waals surface area contributed by atoms with E-state index in [-0.39, 0.29) is 5.91 Å². The van der Waals surface area contributed by atoms with Crippen LogP contribution in [0.2, 0.25) is 0 Å². The van der Waals surface area contributed by atoms with E-state index in [9.17, 15) is 9.59 Å². The van der Waals surface area contributed by atoms with Gasteiger partial charge in [0.2, 0.25) is 5.91 Å². The van der Waals surface area contributed by atoms with Crippen LogP contribution in [0.15, 0.2) is 40.5 Å². The Balaban J connectivity index is 0.000000240. The average molecular weight is 276 g/mol. The van der Waals surface area contributed by atoms with Crippen molar-refractivity contribution in [2.75, 3.05) is 0 Å². The maximum atomic E-state index is 10.8. The summed E-state index contributed by atoms with van der Waals surface area (Å²) in [5.74, 6) is 1.72. The van der Waals surface area contributed by atoms with E-state index in [1.807, 2.05) is 26.0 Å². The van der Waals surface area contributed by atoms with Crippen LogP contribution in [0.1, 0.15) is 24.9 Å². The van der Waals surface area contributed by atoms with Crippen LogP contribution >= 0.6 is 0 Å². The highest BCUT2D eigenvalue weighted by Crippen LogP contribution is 2.18. The number of hydrogen-bond acceptors (Lipinski definition) is 4. The largest absolute Gasteiger partial charge is 0.467 e. The van der Waals surface area contributed by atoms with Crippen LogP contribution in [0, 0.1) is 13.8 Å². The van der Waals surface area contributed by atoms with Gasteiger partial charge in [0.25, 0.3) is 0 Å². The van der Waals surface area contributed by atoms with Crippen molar-refractivity contribution in [3.8, 4) is 0 Å². The third-order valence-corrected chi connectivity index (χ3v) is 2.69. The molecule has 2 rings (SSSR count). The van der Waals surface area contributed by atoms with Gasteiger partial charge in [0, 0.05) is 19.0 Å². The molecule has 1 atom stereocenters. The summed E-state index contributed by atoms with van der Waals surface area (Å²) in [5, 5.41) is 2.56. The highest BCUT2D eigenvalue weighted by molar-refractivity contribution is 5.82. The monoisotopic (exact) mass is 276 g/mol. The molecule has 1 aliphatic rings. The predicted octanol–water partition coefficient (Wildman–Crippen LogP) is 1.76. The van der Waals surface area contributed by atoms with E-state index >= 15 is 0 Å². The third-order valence-electron chi connectivity index (χ3n) is 2.69. The molecular formula is C15H20N2O3. The minimum Gasteiger partial charge on any atom is -0.467 e. The van der Waals surface area contributed by atoms with Crippen molar-refractivity contribution in [3.63, 3.8) is 0 Å². The Labute approximate surface area is 118 Å². The molecule has 5 nitrogen and oxygen atoms in total. The molecule has 108 valence electrons. The highest BCUT2D eigenvalue weighted by Gasteiger charge is 2.29. The number of carbonyl (C=O) groups is 2. The molecule has 0 bridgehead atoms. The first-order valence-electron chi connectivity index (χ1n) is 6.29. The number of furan rings is 1. The van der Waals surface area contributed by atoms with Gasteiger partial charge in [-0.1, -0.05) is 12.2 Å². The van der Waals surface area contributed by atoms with Crippen molar-refractivity contribution in [1.82, 2.24) is 5.32 Å². The smallest absolute Gasteiger partial charge is 0.217 e. The van der Waals surface area contributed by atoms with Crippen LogP contribution in [0.3, 0.4) is 0 Å². The fourth-order valence-corrected chi connectivity index (χ4v) is 1.88. The molecular weight excluding hydrogens is 256 g/mol. The van der Waals surface area contributed by atoms with E-state index < -0.39 is 5.54 Å². The molecule has 0 aliphatic heterocycles. The van der Waals surface area contributed by atoms with Crippen LogP contribution in [0.25, 0.3) is 0 Å². The van der Waals surface area contributed by atoms with Gasteiger partial charge in [-0.2, -0.15) is 0 Å². The molecule has 0 fully saturated rings. The maximum Gasteiger partial charge on any atom is 0.217 e. The second-order valence-corrected chi connectivity index (χ2v) is 4.77. The van der Waals surface area contributed by atoms with Gasteiger partial charge in [-0.15, -0.1) is 0 Å². The number of amides is 1. The quantitative estimate of drug-likeness (QED) is 0.806. The zero-order chi connectivity index (χ0) is 15.2. The molecule has 1 aromatic heterocycles. The first kappa shape index (κ1) is 15.8. The topological polar surface area (TPSA) is 85.3 Å². The number of carbonyl (C=O) groups excluding carboxylic acids is 2. The number of nitrogens with two attached hydrogens (primary N) is 1. The van der Waals surface area contributed by atoms with Crippen molar-refractivity contribution in [3.05, 3.63) is 47.6 Å². The van der Waals surface area contributed by atoms with Crippen LogP contribution in [-0.4, -0.2) is 17.7 Å². The lowest BCUT2D eigenvalue weighted by molar-refractivity contribution is -0.123. The summed E-state index contributed by atoms with van der Waals surface area (Å²) in [5.41, 5.74) is 5.21. The van der Waals surface area contributed by atoms with Crippen LogP contribution < -0.4 is 11.1 Å². The van der Waals surface area contributed by atoms with Gasteiger partial charge in [0.05, 0.1) is 0 Å². The molecule has 0 saturated heterocycles. The molecule has 1 aliphatic carbocycles. The van der Waals surface area contributed by atoms with Crippen molar-refractivity contribution in [2.45, 2.75) is 32.7 Å². The standard InChI is InChI=1S/C9H12N2O2.C6H8O/c1-7(13)11-9(6-12)4-2-3-8(10)5-9;1-5-3-4-6(2)7-5/h2-4,6H,5,10H2,1H3,(H,11,13);3-4H,1-2H3. The number of rotatable bonds is 2. The molecule has 0 spiro atoms. The zero-order valence-corrected chi connectivity index (χ0v) is 12.0. The van der Waals surface area contributed by atoms with Gasteiger partial charge in [-0.05, 0) is 32.1 Å². The molecule has 0 saturated carbocycles. The molecule has 20 heavy (non-hydrogen) atoms. The summed E-state index contributed by atoms with van der Waals surface area (Å²) in [6.45, 7) is 5.24. The minimum atomic E-state index is -0.940. The normalized spacial score (nSPS) is 20.4. The van der Waals surface area contributed by atoms with Gasteiger partial charge < -0.3 is 20.3 Å². The summed E-state index contributed by atoms with van der Waals surface area (Å²) < 4.78 is 5.08. The molecule has 1 aromatic rings. The molecule has 1 amide bonds. The van der Waals surface area contributed by atoms with E-state index in [0.29, 0.717) is 18.4 Å². The van der Waals surface area contributed by atoms with Crippen LogP contribution in [0.4, 0.5) is 0 Å². The van der Waals surface area contributed by atoms with Crippen LogP contribution in [-0.2, 0) is 9.59 Å². The van der Waals surface area contributed by atoms with Crippen molar-refractivity contribution >= 4 is 12.2 Å². The van der Waals surface area contributed by atoms with Crippen molar-refractivity contribution in [2.24, 2.45) is 5.73 Å². The Morgan fingerprint density at radius 2 is 2.00 bits per heavy atom. The van der Waals surface area contributed by atoms with Crippen molar-refractivity contribution in [1.29, 1.82) is 0 Å². The second-order valence-electron chi connectivity index (χ2n) is 4.77. The lowest BCUT2D eigenvalue weighted by Gasteiger charge is -2.27. The summed E-state index contributed by atoms with van der Waals surface area (Å²) in [7, 11) is 0. The Kier molecular flexibility index (Phi) is 5.32. The highest BCUT2D eigenvalue weighted by atomic mass is 16.3. The van der Waals surface area contributed by atoms with E-state index in [1.54, 1.807) is 18.2 Å². The van der Waals surface area contributed by atoms with E-state index in [0.717, 1.165) is 11.5 Å². The molecule has 3 N–H and O–H groups in total. The van der Waals surface area contributed by atoms with Crippen LogP contribution in [0.5, 0.6) is 0 Å². The average Bonchev–Trinajstić information content (AvgIpc) is 2.73. The summed E-state index contributed by atoms with van der Waals surface area (Å²) >= 11 is 0. The first-order valence-corrected chi connectivity index (χ1v) is 6.29. The summed E-state index contributed by atoms with van der Waals surface area (Å²) in [6.07, 6.45) is 6.06.